The first-order valence-electron chi connectivity index (χ1n) is 10.5. The highest BCUT2D eigenvalue weighted by Crippen LogP contribution is 2.32. The Bertz CT molecular complexity index is 1370. The quantitative estimate of drug-likeness (QED) is 0.485. The Kier molecular flexibility index (Phi) is 5.30. The van der Waals surface area contributed by atoms with E-state index in [9.17, 15) is 18.7 Å². The molecule has 0 unspecified atom stereocenters. The van der Waals surface area contributed by atoms with Crippen LogP contribution in [-0.2, 0) is 13.0 Å². The number of carbonyl (C=O) groups excluding carboxylic acids is 1. The van der Waals surface area contributed by atoms with Crippen LogP contribution in [0, 0.1) is 18.6 Å². The van der Waals surface area contributed by atoms with E-state index in [0.717, 1.165) is 17.2 Å². The van der Waals surface area contributed by atoms with E-state index in [2.05, 4.69) is 10.3 Å². The number of aromatic nitrogens is 2. The van der Waals surface area contributed by atoms with Crippen molar-refractivity contribution in [2.24, 2.45) is 0 Å². The van der Waals surface area contributed by atoms with Gasteiger partial charge in [0.1, 0.15) is 12.3 Å². The number of hydrogen-bond acceptors (Lipinski definition) is 4. The third-order valence-corrected chi connectivity index (χ3v) is 5.91. The first kappa shape index (κ1) is 21.1. The Labute approximate surface area is 188 Å². The summed E-state index contributed by atoms with van der Waals surface area (Å²) in [6, 6.07) is 14.3. The second kappa shape index (κ2) is 8.29. The van der Waals surface area contributed by atoms with Gasteiger partial charge in [-0.05, 0) is 36.2 Å². The largest absolute Gasteiger partial charge is 0.485 e. The molecule has 1 amide bonds. The van der Waals surface area contributed by atoms with Crippen LogP contribution in [0.2, 0.25) is 0 Å². The number of halogens is 2. The molecule has 2 aromatic carbocycles. The Morgan fingerprint density at radius 1 is 1.18 bits per heavy atom. The average Bonchev–Trinajstić information content (AvgIpc) is 3.30. The molecule has 0 fully saturated rings. The van der Waals surface area contributed by atoms with Gasteiger partial charge in [-0.1, -0.05) is 36.4 Å². The highest BCUT2D eigenvalue weighted by atomic mass is 19.2. The minimum absolute atomic E-state index is 0.0760. The Balaban J connectivity index is 1.42. The lowest BCUT2D eigenvalue weighted by molar-refractivity contribution is 0.0852. The van der Waals surface area contributed by atoms with Crippen LogP contribution in [0.3, 0.4) is 0 Å². The van der Waals surface area contributed by atoms with Crippen LogP contribution in [0.4, 0.5) is 8.78 Å². The van der Waals surface area contributed by atoms with E-state index in [4.69, 9.17) is 4.74 Å². The lowest BCUT2D eigenvalue weighted by atomic mass is 10.1. The van der Waals surface area contributed by atoms with Gasteiger partial charge in [-0.15, -0.1) is 0 Å². The molecule has 0 saturated carbocycles. The number of aliphatic hydroxyl groups excluding tert-OH is 1. The first-order chi connectivity index (χ1) is 15.9. The predicted octanol–water partition coefficient (Wildman–Crippen LogP) is 3.89. The minimum Gasteiger partial charge on any atom is -0.485 e. The van der Waals surface area contributed by atoms with E-state index in [-0.39, 0.29) is 18.1 Å². The number of benzene rings is 2. The number of aryl methyl sites for hydroxylation is 1. The Morgan fingerprint density at radius 2 is 2.00 bits per heavy atom. The van der Waals surface area contributed by atoms with Crippen LogP contribution in [0.5, 0.6) is 5.75 Å². The number of nitrogens with zero attached hydrogens (tertiary/aromatic N) is 2. The Morgan fingerprint density at radius 3 is 2.85 bits per heavy atom. The van der Waals surface area contributed by atoms with E-state index in [1.165, 1.54) is 12.1 Å². The number of pyridine rings is 1. The number of ether oxygens (including phenoxy) is 1. The summed E-state index contributed by atoms with van der Waals surface area (Å²) >= 11 is 0. The molecule has 2 heterocycles. The van der Waals surface area contributed by atoms with Crippen LogP contribution < -0.4 is 10.1 Å². The summed E-state index contributed by atoms with van der Waals surface area (Å²) in [6.45, 7) is 1.51. The van der Waals surface area contributed by atoms with E-state index < -0.39 is 23.8 Å². The number of fused-ring (bicyclic) bond motifs is 2. The van der Waals surface area contributed by atoms with Crippen LogP contribution in [-0.4, -0.2) is 26.5 Å². The maximum atomic E-state index is 14.0. The number of rotatable bonds is 5. The Hall–Kier alpha value is -3.78. The maximum Gasteiger partial charge on any atom is 0.270 e. The molecule has 0 saturated heterocycles. The molecule has 4 aromatic rings. The molecule has 2 atom stereocenters. The molecule has 0 bridgehead atoms. The number of carbonyl (C=O) groups is 1. The van der Waals surface area contributed by atoms with Crippen molar-refractivity contribution < 1.29 is 23.4 Å². The lowest BCUT2D eigenvalue weighted by Crippen LogP contribution is -2.34. The summed E-state index contributed by atoms with van der Waals surface area (Å²) in [5, 5.41) is 13.4. The molecule has 0 spiro atoms. The topological polar surface area (TPSA) is 75.9 Å². The molecule has 0 aliphatic heterocycles. The third-order valence-electron chi connectivity index (χ3n) is 5.91. The lowest BCUT2D eigenvalue weighted by Gasteiger charge is -2.18. The second-order valence-electron chi connectivity index (χ2n) is 8.03. The number of nitrogens with one attached hydrogen (secondary N) is 1. The predicted molar refractivity (Wildman–Crippen MR) is 117 cm³/mol. The fourth-order valence-electron chi connectivity index (χ4n) is 4.32. The van der Waals surface area contributed by atoms with Crippen LogP contribution in [0.15, 0.2) is 60.8 Å². The van der Waals surface area contributed by atoms with E-state index in [1.54, 1.807) is 29.7 Å². The van der Waals surface area contributed by atoms with Crippen LogP contribution in [0.1, 0.15) is 38.9 Å². The van der Waals surface area contributed by atoms with Crippen LogP contribution in [0.25, 0.3) is 5.65 Å². The van der Waals surface area contributed by atoms with Crippen molar-refractivity contribution in [3.63, 3.8) is 0 Å². The zero-order valence-electron chi connectivity index (χ0n) is 17.8. The first-order valence-corrected chi connectivity index (χ1v) is 10.5. The zero-order valence-corrected chi connectivity index (χ0v) is 17.8. The fraction of sp³-hybridized carbons (Fsp3) is 0.200. The van der Waals surface area contributed by atoms with Gasteiger partial charge in [-0.25, -0.2) is 13.8 Å². The van der Waals surface area contributed by atoms with Gasteiger partial charge in [0.15, 0.2) is 23.0 Å². The number of imidazole rings is 1. The molecule has 5 rings (SSSR count). The SMILES string of the molecule is Cc1nc2c(OCc3cccc(F)c3F)cccn2c1C(=O)N[C@@H]1c2ccccc2C[C@H]1O. The smallest absolute Gasteiger partial charge is 0.270 e. The van der Waals surface area contributed by atoms with Crippen LogP contribution >= 0.6 is 0 Å². The highest BCUT2D eigenvalue weighted by Gasteiger charge is 2.33. The van der Waals surface area contributed by atoms with E-state index in [1.807, 2.05) is 24.3 Å². The molecule has 1 aliphatic carbocycles. The highest BCUT2D eigenvalue weighted by molar-refractivity contribution is 5.95. The third kappa shape index (κ3) is 3.72. The monoisotopic (exact) mass is 449 g/mol. The van der Waals surface area contributed by atoms with Gasteiger partial charge in [0.25, 0.3) is 5.91 Å². The average molecular weight is 449 g/mol. The second-order valence-corrected chi connectivity index (χ2v) is 8.03. The summed E-state index contributed by atoms with van der Waals surface area (Å²) < 4.78 is 34.8. The van der Waals surface area contributed by atoms with Crippen molar-refractivity contribution in [3.05, 3.63) is 101 Å². The van der Waals surface area contributed by atoms with Gasteiger partial charge < -0.3 is 15.2 Å². The van der Waals surface area contributed by atoms with Crippen molar-refractivity contribution in [1.29, 1.82) is 0 Å². The molecule has 1 aliphatic rings. The van der Waals surface area contributed by atoms with Gasteiger partial charge in [0.05, 0.1) is 17.8 Å². The van der Waals surface area contributed by atoms with E-state index in [0.29, 0.717) is 29.2 Å². The normalized spacial score (nSPS) is 17.2. The van der Waals surface area contributed by atoms with Gasteiger partial charge in [-0.2, -0.15) is 0 Å². The number of amides is 1. The molecule has 6 nitrogen and oxygen atoms in total. The zero-order chi connectivity index (χ0) is 23.1. The molecule has 8 heteroatoms. The van der Waals surface area contributed by atoms with Crippen molar-refractivity contribution in [2.75, 3.05) is 0 Å². The van der Waals surface area contributed by atoms with Crippen molar-refractivity contribution in [3.8, 4) is 5.75 Å². The van der Waals surface area contributed by atoms with Gasteiger partial charge in [0.2, 0.25) is 0 Å². The van der Waals surface area contributed by atoms with Crippen molar-refractivity contribution >= 4 is 11.6 Å². The summed E-state index contributed by atoms with van der Waals surface area (Å²) in [5.41, 5.74) is 3.14. The van der Waals surface area contributed by atoms with Gasteiger partial charge >= 0.3 is 0 Å². The molecular weight excluding hydrogens is 428 g/mol. The van der Waals surface area contributed by atoms with E-state index >= 15 is 0 Å². The summed E-state index contributed by atoms with van der Waals surface area (Å²) in [4.78, 5) is 17.7. The maximum absolute atomic E-state index is 14.0. The summed E-state index contributed by atoms with van der Waals surface area (Å²) in [6.07, 6.45) is 1.44. The number of hydrogen-bond donors (Lipinski definition) is 2. The summed E-state index contributed by atoms with van der Waals surface area (Å²) in [7, 11) is 0. The molecular formula is C25H21F2N3O3. The molecule has 168 valence electrons. The van der Waals surface area contributed by atoms with Crippen molar-refractivity contribution in [2.45, 2.75) is 32.1 Å². The molecule has 0 radical (unpaired) electrons. The standard InChI is InChI=1S/C25H21F2N3O3/c1-14-23(25(32)29-22-17-8-3-2-6-15(17)12-19(22)31)30-11-5-10-20(24(30)28-14)33-13-16-7-4-9-18(26)21(16)27/h2-11,19,22,31H,12-13H2,1H3,(H,29,32)/t19-,22-/m1/s1. The van der Waals surface area contributed by atoms with Crippen molar-refractivity contribution in [1.82, 2.24) is 14.7 Å². The van der Waals surface area contributed by atoms with Gasteiger partial charge in [0, 0.05) is 18.2 Å². The molecule has 2 aromatic heterocycles. The van der Waals surface area contributed by atoms with Gasteiger partial charge in [-0.3, -0.25) is 9.20 Å². The molecule has 2 N–H and O–H groups in total. The summed E-state index contributed by atoms with van der Waals surface area (Å²) in [5.74, 6) is -1.95. The molecule has 33 heavy (non-hydrogen) atoms. The number of aliphatic hydroxyl groups is 1. The fourth-order valence-corrected chi connectivity index (χ4v) is 4.32. The minimum atomic E-state index is -0.959.